The molecule has 0 saturated heterocycles. The van der Waals surface area contributed by atoms with Crippen LogP contribution in [0.5, 0.6) is 0 Å². The molecule has 74 valence electrons. The Morgan fingerprint density at radius 3 is 2.62 bits per heavy atom. The molecule has 0 spiro atoms. The number of anilines is 1. The molecule has 0 atom stereocenters. The zero-order valence-electron chi connectivity index (χ0n) is 8.75. The SMILES string of the molecule is CCC(CC)CNc1ccnn1C. The number of aryl methyl sites for hydroxylation is 1. The molecule has 3 nitrogen and oxygen atoms in total. The fraction of sp³-hybridized carbons (Fsp3) is 0.700. The average Bonchev–Trinajstić information content (AvgIpc) is 2.54. The van der Waals surface area contributed by atoms with Gasteiger partial charge >= 0.3 is 0 Å². The summed E-state index contributed by atoms with van der Waals surface area (Å²) < 4.78 is 1.86. The Labute approximate surface area is 80.1 Å². The van der Waals surface area contributed by atoms with E-state index >= 15 is 0 Å². The molecular formula is C10H19N3. The van der Waals surface area contributed by atoms with Crippen molar-refractivity contribution in [1.29, 1.82) is 0 Å². The minimum Gasteiger partial charge on any atom is -0.370 e. The molecule has 0 fully saturated rings. The summed E-state index contributed by atoms with van der Waals surface area (Å²) in [6.07, 6.45) is 4.29. The Hall–Kier alpha value is -0.990. The molecule has 0 unspecified atom stereocenters. The number of aromatic nitrogens is 2. The van der Waals surface area contributed by atoms with Gasteiger partial charge in [0.05, 0.1) is 6.20 Å². The average molecular weight is 181 g/mol. The van der Waals surface area contributed by atoms with E-state index in [2.05, 4.69) is 24.3 Å². The summed E-state index contributed by atoms with van der Waals surface area (Å²) in [5, 5.41) is 7.50. The van der Waals surface area contributed by atoms with Gasteiger partial charge in [-0.15, -0.1) is 0 Å². The van der Waals surface area contributed by atoms with Crippen LogP contribution in [-0.4, -0.2) is 16.3 Å². The van der Waals surface area contributed by atoms with Crippen LogP contribution in [0.2, 0.25) is 0 Å². The molecule has 0 saturated carbocycles. The molecule has 3 heteroatoms. The molecule has 1 aromatic rings. The van der Waals surface area contributed by atoms with E-state index in [1.54, 1.807) is 0 Å². The van der Waals surface area contributed by atoms with Gasteiger partial charge in [0, 0.05) is 19.7 Å². The van der Waals surface area contributed by atoms with E-state index in [1.807, 2.05) is 24.0 Å². The van der Waals surface area contributed by atoms with Crippen LogP contribution in [0.15, 0.2) is 12.3 Å². The summed E-state index contributed by atoms with van der Waals surface area (Å²) in [5.74, 6) is 1.88. The highest BCUT2D eigenvalue weighted by atomic mass is 15.3. The van der Waals surface area contributed by atoms with Crippen molar-refractivity contribution in [2.45, 2.75) is 26.7 Å². The third kappa shape index (κ3) is 2.76. The first kappa shape index (κ1) is 10.1. The van der Waals surface area contributed by atoms with Crippen molar-refractivity contribution >= 4 is 5.82 Å². The summed E-state index contributed by atoms with van der Waals surface area (Å²) >= 11 is 0. The molecule has 1 aromatic heterocycles. The minimum absolute atomic E-state index is 0.773. The number of nitrogens with zero attached hydrogens (tertiary/aromatic N) is 2. The largest absolute Gasteiger partial charge is 0.370 e. The Bertz CT molecular complexity index is 238. The predicted octanol–water partition coefficient (Wildman–Crippen LogP) is 2.27. The quantitative estimate of drug-likeness (QED) is 0.755. The molecule has 0 aromatic carbocycles. The zero-order chi connectivity index (χ0) is 9.68. The van der Waals surface area contributed by atoms with Gasteiger partial charge in [-0.3, -0.25) is 4.68 Å². The van der Waals surface area contributed by atoms with Crippen LogP contribution < -0.4 is 5.32 Å². The zero-order valence-corrected chi connectivity index (χ0v) is 8.75. The van der Waals surface area contributed by atoms with Crippen molar-refractivity contribution in [2.24, 2.45) is 13.0 Å². The summed E-state index contributed by atoms with van der Waals surface area (Å²) in [6, 6.07) is 2.00. The maximum Gasteiger partial charge on any atom is 0.123 e. The van der Waals surface area contributed by atoms with E-state index in [1.165, 1.54) is 12.8 Å². The van der Waals surface area contributed by atoms with E-state index in [0.717, 1.165) is 18.3 Å². The fourth-order valence-electron chi connectivity index (χ4n) is 1.37. The van der Waals surface area contributed by atoms with E-state index in [9.17, 15) is 0 Å². The van der Waals surface area contributed by atoms with Crippen LogP contribution in [0, 0.1) is 5.92 Å². The molecule has 13 heavy (non-hydrogen) atoms. The van der Waals surface area contributed by atoms with Crippen LogP contribution in [0.1, 0.15) is 26.7 Å². The van der Waals surface area contributed by atoms with Crippen LogP contribution in [0.3, 0.4) is 0 Å². The first-order valence-electron chi connectivity index (χ1n) is 4.99. The summed E-state index contributed by atoms with van der Waals surface area (Å²) in [5.41, 5.74) is 0. The number of rotatable bonds is 5. The fourth-order valence-corrected chi connectivity index (χ4v) is 1.37. The lowest BCUT2D eigenvalue weighted by Crippen LogP contribution is -2.14. The third-order valence-corrected chi connectivity index (χ3v) is 2.55. The lowest BCUT2D eigenvalue weighted by atomic mass is 10.0. The van der Waals surface area contributed by atoms with Crippen molar-refractivity contribution in [3.05, 3.63) is 12.3 Å². The Kier molecular flexibility index (Phi) is 3.80. The monoisotopic (exact) mass is 181 g/mol. The lowest BCUT2D eigenvalue weighted by Gasteiger charge is -2.13. The molecule has 0 aliphatic heterocycles. The molecular weight excluding hydrogens is 162 g/mol. The highest BCUT2D eigenvalue weighted by Crippen LogP contribution is 2.10. The first-order chi connectivity index (χ1) is 6.27. The highest BCUT2D eigenvalue weighted by molar-refractivity contribution is 5.33. The van der Waals surface area contributed by atoms with Crippen molar-refractivity contribution in [3.63, 3.8) is 0 Å². The lowest BCUT2D eigenvalue weighted by molar-refractivity contribution is 0.517. The van der Waals surface area contributed by atoms with E-state index < -0.39 is 0 Å². The van der Waals surface area contributed by atoms with Gasteiger partial charge in [0.2, 0.25) is 0 Å². The minimum atomic E-state index is 0.773. The van der Waals surface area contributed by atoms with Gasteiger partial charge < -0.3 is 5.32 Å². The summed E-state index contributed by atoms with van der Waals surface area (Å²) in [4.78, 5) is 0. The van der Waals surface area contributed by atoms with Crippen molar-refractivity contribution < 1.29 is 0 Å². The van der Waals surface area contributed by atoms with Gasteiger partial charge in [-0.25, -0.2) is 0 Å². The molecule has 1 N–H and O–H groups in total. The second kappa shape index (κ2) is 4.90. The predicted molar refractivity (Wildman–Crippen MR) is 55.8 cm³/mol. The maximum atomic E-state index is 4.10. The number of hydrogen-bond acceptors (Lipinski definition) is 2. The third-order valence-electron chi connectivity index (χ3n) is 2.55. The van der Waals surface area contributed by atoms with Crippen LogP contribution >= 0.6 is 0 Å². The topological polar surface area (TPSA) is 29.9 Å². The highest BCUT2D eigenvalue weighted by Gasteiger charge is 2.03. The van der Waals surface area contributed by atoms with Crippen LogP contribution in [0.25, 0.3) is 0 Å². The van der Waals surface area contributed by atoms with Gasteiger partial charge in [0.1, 0.15) is 5.82 Å². The summed E-state index contributed by atoms with van der Waals surface area (Å²) in [6.45, 7) is 5.52. The normalized spacial score (nSPS) is 10.8. The van der Waals surface area contributed by atoms with Crippen molar-refractivity contribution in [3.8, 4) is 0 Å². The molecule has 1 heterocycles. The Balaban J connectivity index is 2.38. The Morgan fingerprint density at radius 1 is 1.46 bits per heavy atom. The van der Waals surface area contributed by atoms with Crippen LogP contribution in [-0.2, 0) is 7.05 Å². The van der Waals surface area contributed by atoms with Crippen LogP contribution in [0.4, 0.5) is 5.82 Å². The van der Waals surface area contributed by atoms with Crippen molar-refractivity contribution in [2.75, 3.05) is 11.9 Å². The molecule has 0 radical (unpaired) electrons. The first-order valence-corrected chi connectivity index (χ1v) is 4.99. The number of nitrogens with one attached hydrogen (secondary N) is 1. The van der Waals surface area contributed by atoms with Gasteiger partial charge in [0.25, 0.3) is 0 Å². The molecule has 0 bridgehead atoms. The maximum absolute atomic E-state index is 4.10. The van der Waals surface area contributed by atoms with Gasteiger partial charge in [-0.05, 0) is 5.92 Å². The van der Waals surface area contributed by atoms with E-state index in [0.29, 0.717) is 0 Å². The molecule has 0 aliphatic rings. The van der Waals surface area contributed by atoms with Gasteiger partial charge in [0.15, 0.2) is 0 Å². The standard InChI is InChI=1S/C10H19N3/c1-4-9(5-2)8-11-10-6-7-12-13(10)3/h6-7,9,11H,4-5,8H2,1-3H3. The molecule has 0 aliphatic carbocycles. The van der Waals surface area contributed by atoms with E-state index in [-0.39, 0.29) is 0 Å². The second-order valence-corrected chi connectivity index (χ2v) is 3.40. The van der Waals surface area contributed by atoms with Gasteiger partial charge in [-0.2, -0.15) is 5.10 Å². The summed E-state index contributed by atoms with van der Waals surface area (Å²) in [7, 11) is 1.95. The van der Waals surface area contributed by atoms with Crippen molar-refractivity contribution in [1.82, 2.24) is 9.78 Å². The molecule has 0 amide bonds. The second-order valence-electron chi connectivity index (χ2n) is 3.40. The van der Waals surface area contributed by atoms with Gasteiger partial charge in [-0.1, -0.05) is 26.7 Å². The smallest absolute Gasteiger partial charge is 0.123 e. The Morgan fingerprint density at radius 2 is 2.15 bits per heavy atom. The van der Waals surface area contributed by atoms with E-state index in [4.69, 9.17) is 0 Å². The molecule has 1 rings (SSSR count). The number of hydrogen-bond donors (Lipinski definition) is 1.